The van der Waals surface area contributed by atoms with Crippen molar-refractivity contribution in [1.29, 1.82) is 0 Å². The molecule has 1 amide bonds. The van der Waals surface area contributed by atoms with Gasteiger partial charge in [-0.2, -0.15) is 9.98 Å². The molecule has 3 aliphatic rings. The predicted octanol–water partition coefficient (Wildman–Crippen LogP) is -2.46. The van der Waals surface area contributed by atoms with Crippen LogP contribution in [0.5, 0.6) is 0 Å². The normalized spacial score (nSPS) is 33.7. The molecule has 3 aliphatic heterocycles. The Morgan fingerprint density at radius 3 is 2.91 bits per heavy atom. The number of aliphatic hydroxyl groups is 1. The van der Waals surface area contributed by atoms with Crippen LogP contribution in [0.25, 0.3) is 0 Å². The van der Waals surface area contributed by atoms with Crippen molar-refractivity contribution in [2.24, 2.45) is 20.7 Å². The molecule has 0 spiro atoms. The lowest BCUT2D eigenvalue weighted by atomic mass is 10.2. The van der Waals surface area contributed by atoms with Crippen molar-refractivity contribution in [2.45, 2.75) is 30.9 Å². The molecule has 4 atom stereocenters. The Hall–Kier alpha value is -1.69. The van der Waals surface area contributed by atoms with Crippen LogP contribution in [0.15, 0.2) is 15.0 Å². The molecule has 0 saturated carbocycles. The number of fused-ring (bicyclic) bond motifs is 1. The van der Waals surface area contributed by atoms with Gasteiger partial charge in [-0.3, -0.25) is 19.2 Å². The Morgan fingerprint density at radius 2 is 2.22 bits per heavy atom. The largest absolute Gasteiger partial charge is 0.469 e. The van der Waals surface area contributed by atoms with Gasteiger partial charge in [0.2, 0.25) is 5.96 Å². The van der Waals surface area contributed by atoms with Crippen LogP contribution in [0.4, 0.5) is 0 Å². The summed E-state index contributed by atoms with van der Waals surface area (Å²) in [5, 5.41) is 9.93. The van der Waals surface area contributed by atoms with E-state index >= 15 is 0 Å². The second-order valence-corrected chi connectivity index (χ2v) is 6.31. The van der Waals surface area contributed by atoms with Crippen molar-refractivity contribution in [3.8, 4) is 0 Å². The average Bonchev–Trinajstić information content (AvgIpc) is 2.99. The smallest absolute Gasteiger partial charge is 0.390 e. The van der Waals surface area contributed by atoms with Gasteiger partial charge in [0.25, 0.3) is 5.91 Å². The first kappa shape index (κ1) is 16.2. The third-order valence-electron chi connectivity index (χ3n) is 3.46. The lowest BCUT2D eigenvalue weighted by Gasteiger charge is -2.25. The highest BCUT2D eigenvalue weighted by molar-refractivity contribution is 7.46. The fourth-order valence-electron chi connectivity index (χ4n) is 2.44. The summed E-state index contributed by atoms with van der Waals surface area (Å²) in [5.41, 5.74) is 5.45. The third-order valence-corrected chi connectivity index (χ3v) is 3.94. The molecule has 0 bridgehead atoms. The maximum Gasteiger partial charge on any atom is 0.469 e. The van der Waals surface area contributed by atoms with Crippen LogP contribution in [0.3, 0.4) is 0 Å². The number of phosphoric acid groups is 1. The van der Waals surface area contributed by atoms with E-state index in [9.17, 15) is 14.5 Å². The zero-order valence-electron chi connectivity index (χ0n) is 11.6. The van der Waals surface area contributed by atoms with E-state index in [1.54, 1.807) is 0 Å². The second-order valence-electron chi connectivity index (χ2n) is 5.07. The van der Waals surface area contributed by atoms with E-state index < -0.39 is 44.8 Å². The van der Waals surface area contributed by atoms with Gasteiger partial charge in [0.15, 0.2) is 11.9 Å². The van der Waals surface area contributed by atoms with Crippen LogP contribution in [0.1, 0.15) is 6.42 Å². The van der Waals surface area contributed by atoms with Crippen molar-refractivity contribution < 1.29 is 33.5 Å². The number of amides is 1. The monoisotopic (exact) mass is 347 g/mol. The van der Waals surface area contributed by atoms with Gasteiger partial charge in [0, 0.05) is 6.42 Å². The summed E-state index contributed by atoms with van der Waals surface area (Å²) in [5.74, 6) is -0.515. The molecule has 13 heteroatoms. The van der Waals surface area contributed by atoms with Crippen LogP contribution in [0.2, 0.25) is 0 Å². The molecule has 1 saturated heterocycles. The zero-order chi connectivity index (χ0) is 16.8. The molecule has 3 rings (SSSR count). The van der Waals surface area contributed by atoms with E-state index in [1.807, 2.05) is 0 Å². The molecule has 1 fully saturated rings. The summed E-state index contributed by atoms with van der Waals surface area (Å²) < 4.78 is 20.6. The lowest BCUT2D eigenvalue weighted by molar-refractivity contribution is -0.117. The molecule has 0 radical (unpaired) electrons. The minimum atomic E-state index is -4.66. The number of hydrogen-bond acceptors (Lipinski definition) is 9. The van der Waals surface area contributed by atoms with E-state index in [-0.39, 0.29) is 18.2 Å². The summed E-state index contributed by atoms with van der Waals surface area (Å²) >= 11 is 0. The quantitative estimate of drug-likeness (QED) is 0.401. The zero-order valence-corrected chi connectivity index (χ0v) is 12.5. The molecule has 5 N–H and O–H groups in total. The Labute approximate surface area is 129 Å². The number of ether oxygens (including phenoxy) is 1. The first-order valence-electron chi connectivity index (χ1n) is 6.56. The minimum absolute atomic E-state index is 0.109. The van der Waals surface area contributed by atoms with Crippen molar-refractivity contribution in [2.75, 3.05) is 6.61 Å². The van der Waals surface area contributed by atoms with Gasteiger partial charge in [-0.15, -0.1) is 0 Å². The van der Waals surface area contributed by atoms with Crippen molar-refractivity contribution in [3.63, 3.8) is 0 Å². The van der Waals surface area contributed by atoms with Gasteiger partial charge in [-0.1, -0.05) is 0 Å². The fraction of sp³-hybridized carbons (Fsp3) is 0.600. The molecular weight excluding hydrogens is 333 g/mol. The SMILES string of the molecule is NC1=NC(=O)C2N=CN(C3CC(O)C(COP(=O)(O)O)O3)C2=N1. The topological polar surface area (TPSA) is 180 Å². The number of nitrogens with two attached hydrogens (primary N) is 1. The summed E-state index contributed by atoms with van der Waals surface area (Å²) in [7, 11) is -4.66. The van der Waals surface area contributed by atoms with E-state index in [2.05, 4.69) is 19.5 Å². The lowest BCUT2D eigenvalue weighted by Crippen LogP contribution is -2.44. The highest BCUT2D eigenvalue weighted by Gasteiger charge is 2.44. The number of nitrogens with zero attached hydrogens (tertiary/aromatic N) is 4. The number of hydrogen-bond donors (Lipinski definition) is 4. The van der Waals surface area contributed by atoms with E-state index in [4.69, 9.17) is 20.3 Å². The van der Waals surface area contributed by atoms with Crippen LogP contribution in [0, 0.1) is 0 Å². The molecule has 12 nitrogen and oxygen atoms in total. The number of aliphatic imine (C=N–C) groups is 3. The molecule has 0 aliphatic carbocycles. The maximum atomic E-state index is 11.7. The number of rotatable bonds is 4. The molecule has 126 valence electrons. The van der Waals surface area contributed by atoms with Crippen molar-refractivity contribution in [3.05, 3.63) is 0 Å². The van der Waals surface area contributed by atoms with E-state index in [1.165, 1.54) is 11.2 Å². The fourth-order valence-corrected chi connectivity index (χ4v) is 2.78. The summed E-state index contributed by atoms with van der Waals surface area (Å²) in [4.78, 5) is 42.0. The molecule has 0 aromatic rings. The van der Waals surface area contributed by atoms with Crippen LogP contribution in [-0.2, 0) is 18.6 Å². The van der Waals surface area contributed by atoms with Gasteiger partial charge in [0.1, 0.15) is 12.3 Å². The Balaban J connectivity index is 1.69. The predicted molar refractivity (Wildman–Crippen MR) is 75.5 cm³/mol. The number of phosphoric ester groups is 1. The molecule has 23 heavy (non-hydrogen) atoms. The first-order chi connectivity index (χ1) is 10.7. The van der Waals surface area contributed by atoms with Gasteiger partial charge in [0.05, 0.1) is 19.0 Å². The molecule has 4 unspecified atom stereocenters. The first-order valence-corrected chi connectivity index (χ1v) is 8.09. The van der Waals surface area contributed by atoms with E-state index in [0.717, 1.165) is 0 Å². The molecule has 0 aromatic heterocycles. The van der Waals surface area contributed by atoms with Gasteiger partial charge < -0.3 is 25.4 Å². The number of amidine groups is 1. The van der Waals surface area contributed by atoms with Gasteiger partial charge in [-0.05, 0) is 0 Å². The third kappa shape index (κ3) is 3.32. The highest BCUT2D eigenvalue weighted by Crippen LogP contribution is 2.37. The maximum absolute atomic E-state index is 11.7. The summed E-state index contributed by atoms with van der Waals surface area (Å²) in [6.45, 7) is -0.481. The Bertz CT molecular complexity index is 658. The van der Waals surface area contributed by atoms with Crippen molar-refractivity contribution >= 4 is 31.9 Å². The van der Waals surface area contributed by atoms with Crippen LogP contribution in [-0.4, -0.2) is 74.9 Å². The Morgan fingerprint density at radius 1 is 1.48 bits per heavy atom. The average molecular weight is 347 g/mol. The summed E-state index contributed by atoms with van der Waals surface area (Å²) in [6.07, 6.45) is -1.23. The van der Waals surface area contributed by atoms with E-state index in [0.29, 0.717) is 0 Å². The van der Waals surface area contributed by atoms with Crippen molar-refractivity contribution in [1.82, 2.24) is 4.90 Å². The summed E-state index contributed by atoms with van der Waals surface area (Å²) in [6, 6.07) is -0.895. The number of carbonyl (C=O) groups excluding carboxylic acids is 1. The van der Waals surface area contributed by atoms with Gasteiger partial charge in [-0.25, -0.2) is 4.57 Å². The highest BCUT2D eigenvalue weighted by atomic mass is 31.2. The standard InChI is InChI=1S/C10H14N5O7P/c11-10-13-8-7(9(17)14-10)12-3-15(8)6-1-4(16)5(22-6)2-21-23(18,19)20/h3-7,16H,1-2H2,(H2,11,14,17)(H2,18,19,20). The number of carbonyl (C=O) groups is 1. The number of guanidine groups is 1. The Kier molecular flexibility index (Phi) is 4.04. The molecular formula is C10H14N5O7P. The van der Waals surface area contributed by atoms with Crippen LogP contribution >= 0.6 is 7.82 Å². The number of aliphatic hydroxyl groups excluding tert-OH is 1. The minimum Gasteiger partial charge on any atom is -0.390 e. The van der Waals surface area contributed by atoms with Gasteiger partial charge >= 0.3 is 7.82 Å². The molecule has 3 heterocycles. The van der Waals surface area contributed by atoms with Crippen LogP contribution < -0.4 is 5.73 Å². The second kappa shape index (κ2) is 5.74. The molecule has 0 aromatic carbocycles.